The van der Waals surface area contributed by atoms with Gasteiger partial charge in [-0.2, -0.15) is 10.1 Å². The first-order valence-corrected chi connectivity index (χ1v) is 19.4. The van der Waals surface area contributed by atoms with E-state index >= 15 is 4.39 Å². The van der Waals surface area contributed by atoms with Crippen molar-refractivity contribution < 1.29 is 23.3 Å². The second-order valence-corrected chi connectivity index (χ2v) is 16.2. The molecule has 57 heavy (non-hydrogen) atoms. The van der Waals surface area contributed by atoms with Gasteiger partial charge in [-0.3, -0.25) is 24.6 Å². The number of carbonyl (C=O) groups is 3. The van der Waals surface area contributed by atoms with E-state index in [9.17, 15) is 14.4 Å². The molecule has 2 aliphatic rings. The van der Waals surface area contributed by atoms with Crippen molar-refractivity contribution in [1.29, 1.82) is 0 Å². The van der Waals surface area contributed by atoms with Crippen LogP contribution in [-0.2, 0) is 28.1 Å². The molecule has 8 rings (SSSR count). The number of benzene rings is 3. The van der Waals surface area contributed by atoms with Crippen LogP contribution in [0.4, 0.5) is 4.39 Å². The molecule has 13 heteroatoms. The number of likely N-dealkylation sites (tertiary alicyclic amines) is 1. The zero-order valence-electron chi connectivity index (χ0n) is 32.5. The zero-order chi connectivity index (χ0) is 39.8. The number of fused-ring (bicyclic) bond motifs is 1. The van der Waals surface area contributed by atoms with Crippen molar-refractivity contribution in [2.45, 2.75) is 83.7 Å². The van der Waals surface area contributed by atoms with Crippen LogP contribution in [0.2, 0.25) is 0 Å². The van der Waals surface area contributed by atoms with E-state index in [1.54, 1.807) is 6.33 Å². The number of amides is 3. The second-order valence-electron chi connectivity index (χ2n) is 16.2. The normalized spacial score (nSPS) is 16.9. The third kappa shape index (κ3) is 8.11. The number of hydrogen-bond donors (Lipinski definition) is 2. The van der Waals surface area contributed by atoms with E-state index in [0.717, 1.165) is 71.5 Å². The van der Waals surface area contributed by atoms with Gasteiger partial charge in [0.2, 0.25) is 17.7 Å². The maximum atomic E-state index is 15.3. The lowest BCUT2D eigenvalue weighted by molar-refractivity contribution is -0.134. The van der Waals surface area contributed by atoms with Crippen LogP contribution in [0.1, 0.15) is 103 Å². The molecule has 3 aromatic heterocycles. The van der Waals surface area contributed by atoms with Crippen molar-refractivity contribution in [2.75, 3.05) is 13.1 Å². The Bertz CT molecular complexity index is 2480. The minimum absolute atomic E-state index is 0.0148. The highest BCUT2D eigenvalue weighted by molar-refractivity contribution is 6.01. The number of piperidine rings is 2. The molecule has 3 aromatic carbocycles. The van der Waals surface area contributed by atoms with Crippen molar-refractivity contribution >= 4 is 23.2 Å². The van der Waals surface area contributed by atoms with Gasteiger partial charge < -0.3 is 9.84 Å². The first-order valence-electron chi connectivity index (χ1n) is 19.4. The predicted octanol–water partition coefficient (Wildman–Crippen LogP) is 7.02. The monoisotopic (exact) mass is 768 g/mol. The fourth-order valence-electron chi connectivity index (χ4n) is 7.79. The number of halogens is 1. The summed E-state index contributed by atoms with van der Waals surface area (Å²) in [5.41, 5.74) is 8.90. The molecule has 6 aromatic rings. The predicted molar refractivity (Wildman–Crippen MR) is 212 cm³/mol. The zero-order valence-corrected chi connectivity index (χ0v) is 32.5. The molecule has 1 unspecified atom stereocenters. The van der Waals surface area contributed by atoms with Crippen LogP contribution in [0, 0.1) is 12.7 Å². The molecule has 5 heterocycles. The molecule has 0 saturated carbocycles. The van der Waals surface area contributed by atoms with Gasteiger partial charge in [0.1, 0.15) is 12.1 Å². The Morgan fingerprint density at radius 1 is 0.965 bits per heavy atom. The first-order chi connectivity index (χ1) is 27.4. The van der Waals surface area contributed by atoms with Gasteiger partial charge in [-0.05, 0) is 96.8 Å². The number of rotatable bonds is 9. The fourth-order valence-corrected chi connectivity index (χ4v) is 7.79. The number of carbonyl (C=O) groups excluding carboxylic acids is 3. The van der Waals surface area contributed by atoms with Crippen LogP contribution in [0.5, 0.6) is 0 Å². The Balaban J connectivity index is 0.879. The number of nitrogens with one attached hydrogen (secondary N) is 2. The summed E-state index contributed by atoms with van der Waals surface area (Å²) in [6.45, 7) is 10.7. The maximum absolute atomic E-state index is 15.3. The summed E-state index contributed by atoms with van der Waals surface area (Å²) in [6, 6.07) is 21.9. The molecule has 2 fully saturated rings. The first kappa shape index (κ1) is 37.8. The number of hydrogen-bond acceptors (Lipinski definition) is 9. The number of nitrogens with zero attached hydrogens (tertiary/aromatic N) is 6. The Morgan fingerprint density at radius 3 is 2.44 bits per heavy atom. The van der Waals surface area contributed by atoms with Crippen molar-refractivity contribution in [3.63, 3.8) is 0 Å². The highest BCUT2D eigenvalue weighted by atomic mass is 19.1. The second kappa shape index (κ2) is 15.5. The third-order valence-corrected chi connectivity index (χ3v) is 11.1. The minimum atomic E-state index is -0.487. The van der Waals surface area contributed by atoms with E-state index in [0.29, 0.717) is 30.0 Å². The van der Waals surface area contributed by atoms with Crippen LogP contribution < -0.4 is 10.6 Å². The number of aryl methyl sites for hydroxylation is 1. The van der Waals surface area contributed by atoms with Gasteiger partial charge in [-0.15, -0.1) is 0 Å². The van der Waals surface area contributed by atoms with Crippen LogP contribution in [0.25, 0.3) is 27.9 Å². The molecule has 2 N–H and O–H groups in total. The van der Waals surface area contributed by atoms with Gasteiger partial charge in [0.25, 0.3) is 11.7 Å². The fraction of sp³-hybridized carbons (Fsp3) is 0.341. The molecule has 292 valence electrons. The van der Waals surface area contributed by atoms with Gasteiger partial charge in [0.15, 0.2) is 0 Å². The lowest BCUT2D eigenvalue weighted by atomic mass is 9.85. The van der Waals surface area contributed by atoms with E-state index in [-0.39, 0.29) is 41.2 Å². The topological polar surface area (TPSA) is 148 Å². The molecule has 3 amide bonds. The van der Waals surface area contributed by atoms with E-state index in [4.69, 9.17) is 4.52 Å². The Kier molecular flexibility index (Phi) is 10.3. The Morgan fingerprint density at radius 2 is 1.74 bits per heavy atom. The van der Waals surface area contributed by atoms with Gasteiger partial charge in [-0.25, -0.2) is 13.9 Å². The summed E-state index contributed by atoms with van der Waals surface area (Å²) in [5.74, 6) is -1.23. The summed E-state index contributed by atoms with van der Waals surface area (Å²) >= 11 is 0. The standard InChI is InChI=1S/C44H45FN8O4/c1-26-19-31(9-10-32(26)22-46-42(56)40-50-43(57-51-40)44(2,3)4)39-37-21-33(24-53(37)48-25-47-39)28-7-5-27(6-8-28)23-52-17-15-29(16-18-52)34-12-11-30(20-36(34)45)35-13-14-38(54)49-41(35)55/h5-12,19-21,24-25,29,35H,13-18,22-23H2,1-4H3,(H,46,56)(H,49,54,55). The molecule has 12 nitrogen and oxygen atoms in total. The molecule has 0 aliphatic carbocycles. The maximum Gasteiger partial charge on any atom is 0.292 e. The third-order valence-electron chi connectivity index (χ3n) is 11.1. The molecular formula is C44H45FN8O4. The molecule has 0 bridgehead atoms. The lowest BCUT2D eigenvalue weighted by Crippen LogP contribution is -2.39. The van der Waals surface area contributed by atoms with Crippen molar-refractivity contribution in [1.82, 2.24) is 40.3 Å². The number of imide groups is 1. The Hall–Kier alpha value is -6.08. The minimum Gasteiger partial charge on any atom is -0.345 e. The molecule has 0 radical (unpaired) electrons. The molecule has 1 atom stereocenters. The van der Waals surface area contributed by atoms with E-state index < -0.39 is 11.8 Å². The molecule has 2 aliphatic heterocycles. The van der Waals surface area contributed by atoms with E-state index in [1.165, 1.54) is 11.6 Å². The van der Waals surface area contributed by atoms with Gasteiger partial charge in [0, 0.05) is 42.2 Å². The summed E-state index contributed by atoms with van der Waals surface area (Å²) < 4.78 is 22.4. The van der Waals surface area contributed by atoms with Crippen molar-refractivity contribution in [3.8, 4) is 22.4 Å². The smallest absolute Gasteiger partial charge is 0.292 e. The quantitative estimate of drug-likeness (QED) is 0.148. The highest BCUT2D eigenvalue weighted by Crippen LogP contribution is 2.34. The van der Waals surface area contributed by atoms with E-state index in [1.807, 2.05) is 62.7 Å². The average molecular weight is 769 g/mol. The molecule has 2 saturated heterocycles. The van der Waals surface area contributed by atoms with Crippen molar-refractivity contribution in [3.05, 3.63) is 125 Å². The van der Waals surface area contributed by atoms with Crippen molar-refractivity contribution in [2.24, 2.45) is 0 Å². The highest BCUT2D eigenvalue weighted by Gasteiger charge is 2.30. The van der Waals surface area contributed by atoms with Crippen LogP contribution in [0.15, 0.2) is 83.8 Å². The Labute approximate surface area is 329 Å². The largest absolute Gasteiger partial charge is 0.345 e. The van der Waals surface area contributed by atoms with Crippen LogP contribution >= 0.6 is 0 Å². The number of aromatic nitrogens is 5. The van der Waals surface area contributed by atoms with Gasteiger partial charge in [-0.1, -0.05) is 74.5 Å². The van der Waals surface area contributed by atoms with Gasteiger partial charge in [0.05, 0.1) is 17.1 Å². The van der Waals surface area contributed by atoms with Gasteiger partial charge >= 0.3 is 0 Å². The average Bonchev–Trinajstić information content (AvgIpc) is 3.87. The lowest BCUT2D eigenvalue weighted by Gasteiger charge is -2.32. The summed E-state index contributed by atoms with van der Waals surface area (Å²) in [7, 11) is 0. The summed E-state index contributed by atoms with van der Waals surface area (Å²) in [4.78, 5) is 47.8. The van der Waals surface area contributed by atoms with Crippen LogP contribution in [0.3, 0.4) is 0 Å². The van der Waals surface area contributed by atoms with Crippen LogP contribution in [-0.4, -0.2) is 60.4 Å². The SMILES string of the molecule is Cc1cc(-c2ncnn3cc(-c4ccc(CN5CCC(c6ccc(C7CCC(=O)NC7=O)cc6F)CC5)cc4)cc23)ccc1CNC(=O)c1noc(C(C)(C)C)n1. The molecule has 0 spiro atoms. The molecular weight excluding hydrogens is 724 g/mol. The summed E-state index contributed by atoms with van der Waals surface area (Å²) in [6.07, 6.45) is 5.96. The summed E-state index contributed by atoms with van der Waals surface area (Å²) in [5, 5.41) is 13.6. The van der Waals surface area contributed by atoms with E-state index in [2.05, 4.69) is 72.2 Å².